The van der Waals surface area contributed by atoms with E-state index in [1.807, 2.05) is 0 Å². The first-order valence-corrected chi connectivity index (χ1v) is 5.32. The van der Waals surface area contributed by atoms with Crippen LogP contribution in [0.4, 0.5) is 4.39 Å². The molecule has 0 aliphatic heterocycles. The minimum absolute atomic E-state index is 0.303. The van der Waals surface area contributed by atoms with Crippen LogP contribution in [0.1, 0.15) is 24.9 Å². The van der Waals surface area contributed by atoms with Crippen molar-refractivity contribution in [3.8, 4) is 5.75 Å². The summed E-state index contributed by atoms with van der Waals surface area (Å²) in [6.45, 7) is 2.91. The van der Waals surface area contributed by atoms with Crippen LogP contribution >= 0.6 is 0 Å². The van der Waals surface area contributed by atoms with E-state index >= 15 is 0 Å². The Bertz CT molecular complexity index is 329. The molecule has 0 saturated heterocycles. The maximum atomic E-state index is 13.5. The lowest BCUT2D eigenvalue weighted by molar-refractivity contribution is 0.172. The fourth-order valence-electron chi connectivity index (χ4n) is 1.36. The van der Waals surface area contributed by atoms with Gasteiger partial charge in [-0.25, -0.2) is 4.39 Å². The molecule has 1 rings (SSSR count). The summed E-state index contributed by atoms with van der Waals surface area (Å²) in [7, 11) is 1.64. The Labute approximate surface area is 95.4 Å². The third kappa shape index (κ3) is 3.79. The van der Waals surface area contributed by atoms with Gasteiger partial charge in [-0.1, -0.05) is 6.07 Å². The normalized spacial score (nSPS) is 12.5. The molecule has 0 radical (unpaired) electrons. The molecular weight excluding hydrogens is 209 g/mol. The van der Waals surface area contributed by atoms with Crippen molar-refractivity contribution >= 4 is 0 Å². The summed E-state index contributed by atoms with van der Waals surface area (Å²) in [6, 6.07) is 4.45. The Morgan fingerprint density at radius 3 is 2.69 bits per heavy atom. The molecule has 0 aromatic heterocycles. The lowest BCUT2D eigenvalue weighted by Gasteiger charge is -2.10. The van der Waals surface area contributed by atoms with Crippen molar-refractivity contribution in [3.63, 3.8) is 0 Å². The van der Waals surface area contributed by atoms with E-state index in [1.165, 1.54) is 6.07 Å². The first kappa shape index (κ1) is 12.9. The smallest absolute Gasteiger partial charge is 0.131 e. The van der Waals surface area contributed by atoms with Gasteiger partial charge in [0.2, 0.25) is 0 Å². The van der Waals surface area contributed by atoms with Crippen LogP contribution in [-0.4, -0.2) is 20.3 Å². The maximum absolute atomic E-state index is 13.5. The molecule has 0 saturated carbocycles. The maximum Gasteiger partial charge on any atom is 0.131 e. The molecule has 16 heavy (non-hydrogen) atoms. The fourth-order valence-corrected chi connectivity index (χ4v) is 1.36. The number of halogens is 1. The lowest BCUT2D eigenvalue weighted by atomic mass is 10.1. The Morgan fingerprint density at radius 2 is 2.12 bits per heavy atom. The van der Waals surface area contributed by atoms with Crippen molar-refractivity contribution in [2.24, 2.45) is 5.73 Å². The molecule has 3 nitrogen and oxygen atoms in total. The number of benzene rings is 1. The topological polar surface area (TPSA) is 44.5 Å². The summed E-state index contributed by atoms with van der Waals surface area (Å²) in [6.07, 6.45) is 0.785. The first-order valence-electron chi connectivity index (χ1n) is 5.32. The van der Waals surface area contributed by atoms with Crippen LogP contribution in [-0.2, 0) is 4.74 Å². The van der Waals surface area contributed by atoms with Crippen LogP contribution in [0.3, 0.4) is 0 Å². The first-order chi connectivity index (χ1) is 7.65. The molecule has 4 heteroatoms. The van der Waals surface area contributed by atoms with Crippen LogP contribution in [0.5, 0.6) is 5.75 Å². The van der Waals surface area contributed by atoms with E-state index in [2.05, 4.69) is 0 Å². The third-order valence-electron chi connectivity index (χ3n) is 2.22. The Kier molecular flexibility index (Phi) is 5.22. The van der Waals surface area contributed by atoms with Gasteiger partial charge in [-0.3, -0.25) is 0 Å². The summed E-state index contributed by atoms with van der Waals surface area (Å²) >= 11 is 0. The predicted molar refractivity (Wildman–Crippen MR) is 61.0 cm³/mol. The second-order valence-corrected chi connectivity index (χ2v) is 3.67. The number of rotatable bonds is 6. The molecule has 0 heterocycles. The van der Waals surface area contributed by atoms with E-state index in [1.54, 1.807) is 26.2 Å². The highest BCUT2D eigenvalue weighted by atomic mass is 19.1. The van der Waals surface area contributed by atoms with Crippen LogP contribution in [0.2, 0.25) is 0 Å². The molecule has 1 unspecified atom stereocenters. The predicted octanol–water partition coefficient (Wildman–Crippen LogP) is 2.26. The quantitative estimate of drug-likeness (QED) is 0.758. The Balaban J connectivity index is 2.53. The number of ether oxygens (including phenoxy) is 2. The molecule has 0 aliphatic carbocycles. The molecular formula is C12H18FNO2. The van der Waals surface area contributed by atoms with Crippen LogP contribution in [0.25, 0.3) is 0 Å². The molecule has 0 aliphatic rings. The minimum atomic E-state index is -0.320. The number of hydrogen-bond acceptors (Lipinski definition) is 3. The van der Waals surface area contributed by atoms with E-state index in [-0.39, 0.29) is 11.9 Å². The molecule has 90 valence electrons. The van der Waals surface area contributed by atoms with Gasteiger partial charge in [-0.05, 0) is 13.0 Å². The van der Waals surface area contributed by atoms with Crippen molar-refractivity contribution in [1.29, 1.82) is 0 Å². The van der Waals surface area contributed by atoms with Gasteiger partial charge in [0.25, 0.3) is 0 Å². The molecule has 0 bridgehead atoms. The summed E-state index contributed by atoms with van der Waals surface area (Å²) in [4.78, 5) is 0. The van der Waals surface area contributed by atoms with Gasteiger partial charge in [0.15, 0.2) is 0 Å². The van der Waals surface area contributed by atoms with Crippen LogP contribution in [0, 0.1) is 5.82 Å². The van der Waals surface area contributed by atoms with E-state index < -0.39 is 0 Å². The highest BCUT2D eigenvalue weighted by Crippen LogP contribution is 2.20. The van der Waals surface area contributed by atoms with Gasteiger partial charge in [0.1, 0.15) is 11.6 Å². The summed E-state index contributed by atoms with van der Waals surface area (Å²) in [5.41, 5.74) is 6.11. The second-order valence-electron chi connectivity index (χ2n) is 3.67. The summed E-state index contributed by atoms with van der Waals surface area (Å²) in [5.74, 6) is 0.206. The zero-order chi connectivity index (χ0) is 12.0. The molecule has 2 N–H and O–H groups in total. The molecule has 1 aromatic carbocycles. The largest absolute Gasteiger partial charge is 0.493 e. The van der Waals surface area contributed by atoms with E-state index in [9.17, 15) is 4.39 Å². The number of nitrogens with two attached hydrogens (primary N) is 1. The van der Waals surface area contributed by atoms with Crippen molar-refractivity contribution in [2.75, 3.05) is 20.3 Å². The van der Waals surface area contributed by atoms with Crippen molar-refractivity contribution in [2.45, 2.75) is 19.4 Å². The Morgan fingerprint density at radius 1 is 1.38 bits per heavy atom. The highest BCUT2D eigenvalue weighted by molar-refractivity contribution is 5.30. The van der Waals surface area contributed by atoms with Crippen molar-refractivity contribution in [3.05, 3.63) is 29.6 Å². The van der Waals surface area contributed by atoms with Gasteiger partial charge in [-0.2, -0.15) is 0 Å². The SMILES string of the molecule is COCCCOc1ccc(C(C)N)c(F)c1. The van der Waals surface area contributed by atoms with E-state index in [4.69, 9.17) is 15.2 Å². The standard InChI is InChI=1S/C12H18FNO2/c1-9(14)11-5-4-10(8-12(11)13)16-7-3-6-15-2/h4-5,8-9H,3,6-7,14H2,1-2H3. The monoisotopic (exact) mass is 227 g/mol. The molecule has 0 fully saturated rings. The molecule has 1 atom stereocenters. The third-order valence-corrected chi connectivity index (χ3v) is 2.22. The number of hydrogen-bond donors (Lipinski definition) is 1. The van der Waals surface area contributed by atoms with E-state index in [0.717, 1.165) is 6.42 Å². The summed E-state index contributed by atoms with van der Waals surface area (Å²) in [5, 5.41) is 0. The Hall–Kier alpha value is -1.13. The van der Waals surface area contributed by atoms with Gasteiger partial charge < -0.3 is 15.2 Å². The minimum Gasteiger partial charge on any atom is -0.493 e. The van der Waals surface area contributed by atoms with Gasteiger partial charge >= 0.3 is 0 Å². The van der Waals surface area contributed by atoms with E-state index in [0.29, 0.717) is 24.5 Å². The highest BCUT2D eigenvalue weighted by Gasteiger charge is 2.07. The average Bonchev–Trinajstić information content (AvgIpc) is 2.24. The zero-order valence-corrected chi connectivity index (χ0v) is 9.70. The molecule has 0 spiro atoms. The fraction of sp³-hybridized carbons (Fsp3) is 0.500. The zero-order valence-electron chi connectivity index (χ0n) is 9.70. The second kappa shape index (κ2) is 6.45. The lowest BCUT2D eigenvalue weighted by Crippen LogP contribution is -2.08. The van der Waals surface area contributed by atoms with Crippen LogP contribution in [0.15, 0.2) is 18.2 Å². The van der Waals surface area contributed by atoms with Gasteiger partial charge in [0.05, 0.1) is 6.61 Å². The average molecular weight is 227 g/mol. The molecule has 1 aromatic rings. The van der Waals surface area contributed by atoms with Gasteiger partial charge in [-0.15, -0.1) is 0 Å². The van der Waals surface area contributed by atoms with Crippen molar-refractivity contribution < 1.29 is 13.9 Å². The van der Waals surface area contributed by atoms with Crippen LogP contribution < -0.4 is 10.5 Å². The number of methoxy groups -OCH3 is 1. The van der Waals surface area contributed by atoms with Crippen molar-refractivity contribution in [1.82, 2.24) is 0 Å². The van der Waals surface area contributed by atoms with Gasteiger partial charge in [0, 0.05) is 37.8 Å². The molecule has 0 amide bonds. The summed E-state index contributed by atoms with van der Waals surface area (Å²) < 4.78 is 23.7.